The van der Waals surface area contributed by atoms with Crippen LogP contribution in [0.4, 0.5) is 0 Å². The first-order chi connectivity index (χ1) is 15.0. The molecule has 0 bridgehead atoms. The number of benzene rings is 2. The number of amides is 1. The average molecular weight is 417 g/mol. The second-order valence-electron chi connectivity index (χ2n) is 7.23. The Balaban J connectivity index is 1.68. The van der Waals surface area contributed by atoms with Gasteiger partial charge in [0.15, 0.2) is 0 Å². The van der Waals surface area contributed by atoms with Crippen molar-refractivity contribution in [3.05, 3.63) is 88.4 Å². The summed E-state index contributed by atoms with van der Waals surface area (Å²) in [5.41, 5.74) is 1.15. The van der Waals surface area contributed by atoms with Gasteiger partial charge in [0.05, 0.1) is 18.2 Å². The number of nitrogens with one attached hydrogen (secondary N) is 1. The number of rotatable bonds is 6. The minimum Gasteiger partial charge on any atom is -0.496 e. The Bertz CT molecular complexity index is 1310. The van der Waals surface area contributed by atoms with E-state index < -0.39 is 6.04 Å². The Hall–Kier alpha value is -3.94. The maximum absolute atomic E-state index is 13.0. The van der Waals surface area contributed by atoms with E-state index >= 15 is 0 Å². The van der Waals surface area contributed by atoms with Gasteiger partial charge < -0.3 is 14.6 Å². The van der Waals surface area contributed by atoms with Crippen LogP contribution in [-0.2, 0) is 18.4 Å². The molecule has 4 aromatic rings. The van der Waals surface area contributed by atoms with Gasteiger partial charge in [-0.25, -0.2) is 9.67 Å². The summed E-state index contributed by atoms with van der Waals surface area (Å²) in [5, 5.41) is 8.64. The SMILES string of the molecule is COc1ccccc1C(NC(=O)Cn1nc(C)c2ccccc2c1=O)c1nccn1C. The summed E-state index contributed by atoms with van der Waals surface area (Å²) in [6.45, 7) is 1.61. The molecule has 0 saturated heterocycles. The van der Waals surface area contributed by atoms with Crippen LogP contribution in [0.15, 0.2) is 65.7 Å². The van der Waals surface area contributed by atoms with Crippen molar-refractivity contribution in [3.8, 4) is 5.75 Å². The van der Waals surface area contributed by atoms with Crippen molar-refractivity contribution in [2.45, 2.75) is 19.5 Å². The monoisotopic (exact) mass is 417 g/mol. The van der Waals surface area contributed by atoms with E-state index in [2.05, 4.69) is 15.4 Å². The Morgan fingerprint density at radius 2 is 1.84 bits per heavy atom. The molecule has 1 N–H and O–H groups in total. The number of aromatic nitrogens is 4. The van der Waals surface area contributed by atoms with Crippen LogP contribution in [0.1, 0.15) is 23.1 Å². The van der Waals surface area contributed by atoms with E-state index in [-0.39, 0.29) is 18.0 Å². The lowest BCUT2D eigenvalue weighted by Gasteiger charge is -2.21. The highest BCUT2D eigenvalue weighted by Crippen LogP contribution is 2.29. The maximum atomic E-state index is 13.0. The molecule has 0 spiro atoms. The van der Waals surface area contributed by atoms with Gasteiger partial charge in [-0.1, -0.05) is 36.4 Å². The third-order valence-corrected chi connectivity index (χ3v) is 5.22. The van der Waals surface area contributed by atoms with Gasteiger partial charge in [0.1, 0.15) is 24.2 Å². The number of hydrogen-bond donors (Lipinski definition) is 1. The number of imidazole rings is 1. The second-order valence-corrected chi connectivity index (χ2v) is 7.23. The van der Waals surface area contributed by atoms with Crippen molar-refractivity contribution in [2.75, 3.05) is 7.11 Å². The van der Waals surface area contributed by atoms with Crippen LogP contribution in [0.25, 0.3) is 10.8 Å². The summed E-state index contributed by atoms with van der Waals surface area (Å²) in [7, 11) is 3.44. The molecular weight excluding hydrogens is 394 g/mol. The Kier molecular flexibility index (Phi) is 5.53. The van der Waals surface area contributed by atoms with Gasteiger partial charge in [-0.05, 0) is 19.1 Å². The summed E-state index contributed by atoms with van der Waals surface area (Å²) in [5.74, 6) is 0.920. The molecule has 0 aliphatic heterocycles. The van der Waals surface area contributed by atoms with Gasteiger partial charge >= 0.3 is 0 Å². The number of para-hydroxylation sites is 1. The predicted molar refractivity (Wildman–Crippen MR) is 117 cm³/mol. The molecular formula is C23H23N5O3. The zero-order valence-corrected chi connectivity index (χ0v) is 17.6. The molecule has 0 aliphatic rings. The fourth-order valence-corrected chi connectivity index (χ4v) is 3.70. The molecule has 0 radical (unpaired) electrons. The van der Waals surface area contributed by atoms with Crippen LogP contribution in [0.5, 0.6) is 5.75 Å². The van der Waals surface area contributed by atoms with Gasteiger partial charge in [-0.15, -0.1) is 0 Å². The summed E-state index contributed by atoms with van der Waals surface area (Å²) >= 11 is 0. The highest BCUT2D eigenvalue weighted by atomic mass is 16.5. The van der Waals surface area contributed by atoms with E-state index in [1.165, 1.54) is 4.68 Å². The van der Waals surface area contributed by atoms with Crippen LogP contribution in [-0.4, -0.2) is 32.3 Å². The van der Waals surface area contributed by atoms with Crippen molar-refractivity contribution < 1.29 is 9.53 Å². The molecule has 2 aromatic carbocycles. The summed E-state index contributed by atoms with van der Waals surface area (Å²) in [4.78, 5) is 30.3. The van der Waals surface area contributed by atoms with Gasteiger partial charge in [0.25, 0.3) is 5.56 Å². The number of fused-ring (bicyclic) bond motifs is 1. The Morgan fingerprint density at radius 3 is 2.55 bits per heavy atom. The van der Waals surface area contributed by atoms with Crippen LogP contribution in [0, 0.1) is 6.92 Å². The molecule has 0 fully saturated rings. The van der Waals surface area contributed by atoms with Gasteiger partial charge in [0, 0.05) is 30.4 Å². The van der Waals surface area contributed by atoms with Crippen LogP contribution in [0.3, 0.4) is 0 Å². The minimum absolute atomic E-state index is 0.208. The van der Waals surface area contributed by atoms with Crippen molar-refractivity contribution in [3.63, 3.8) is 0 Å². The van der Waals surface area contributed by atoms with Gasteiger partial charge in [-0.2, -0.15) is 5.10 Å². The molecule has 2 aromatic heterocycles. The molecule has 8 nitrogen and oxygen atoms in total. The third kappa shape index (κ3) is 3.92. The lowest BCUT2D eigenvalue weighted by Crippen LogP contribution is -2.37. The quantitative estimate of drug-likeness (QED) is 0.520. The molecule has 31 heavy (non-hydrogen) atoms. The summed E-state index contributed by atoms with van der Waals surface area (Å²) in [6, 6.07) is 14.1. The van der Waals surface area contributed by atoms with E-state index in [9.17, 15) is 9.59 Å². The first kappa shape index (κ1) is 20.3. The van der Waals surface area contributed by atoms with E-state index in [0.29, 0.717) is 22.7 Å². The second kappa shape index (κ2) is 8.43. The van der Waals surface area contributed by atoms with Crippen LogP contribution < -0.4 is 15.6 Å². The molecule has 1 amide bonds. The first-order valence-electron chi connectivity index (χ1n) is 9.85. The third-order valence-electron chi connectivity index (χ3n) is 5.22. The van der Waals surface area contributed by atoms with Crippen molar-refractivity contribution in [1.82, 2.24) is 24.6 Å². The smallest absolute Gasteiger partial charge is 0.275 e. The first-order valence-corrected chi connectivity index (χ1v) is 9.85. The van der Waals surface area contributed by atoms with E-state index in [4.69, 9.17) is 4.74 Å². The predicted octanol–water partition coefficient (Wildman–Crippen LogP) is 2.35. The number of hydrogen-bond acceptors (Lipinski definition) is 5. The molecule has 0 saturated carbocycles. The Labute approximate surface area is 179 Å². The number of aryl methyl sites for hydroxylation is 2. The van der Waals surface area contributed by atoms with Crippen LogP contribution >= 0.6 is 0 Å². The highest BCUT2D eigenvalue weighted by Gasteiger charge is 2.24. The number of ether oxygens (including phenoxy) is 1. The fourth-order valence-electron chi connectivity index (χ4n) is 3.70. The lowest BCUT2D eigenvalue weighted by atomic mass is 10.0. The van der Waals surface area contributed by atoms with Crippen LogP contribution in [0.2, 0.25) is 0 Å². The van der Waals surface area contributed by atoms with Crippen molar-refractivity contribution in [1.29, 1.82) is 0 Å². The normalized spacial score (nSPS) is 12.0. The average Bonchev–Trinajstić information content (AvgIpc) is 3.21. The molecule has 8 heteroatoms. The molecule has 1 unspecified atom stereocenters. The number of carbonyl (C=O) groups excluding carboxylic acids is 1. The summed E-state index contributed by atoms with van der Waals surface area (Å²) in [6.07, 6.45) is 3.48. The lowest BCUT2D eigenvalue weighted by molar-refractivity contribution is -0.122. The van der Waals surface area contributed by atoms with Gasteiger partial charge in [-0.3, -0.25) is 9.59 Å². The number of methoxy groups -OCH3 is 1. The molecule has 4 rings (SSSR count). The zero-order chi connectivity index (χ0) is 22.0. The van der Waals surface area contributed by atoms with Gasteiger partial charge in [0.2, 0.25) is 5.91 Å². The topological polar surface area (TPSA) is 91.0 Å². The molecule has 2 heterocycles. The van der Waals surface area contributed by atoms with E-state index in [1.807, 2.05) is 61.1 Å². The zero-order valence-electron chi connectivity index (χ0n) is 17.6. The molecule has 158 valence electrons. The Morgan fingerprint density at radius 1 is 1.13 bits per heavy atom. The van der Waals surface area contributed by atoms with E-state index in [1.54, 1.807) is 25.4 Å². The number of nitrogens with zero attached hydrogens (tertiary/aromatic N) is 4. The molecule has 1 atom stereocenters. The van der Waals surface area contributed by atoms with Crippen molar-refractivity contribution in [2.24, 2.45) is 7.05 Å². The van der Waals surface area contributed by atoms with E-state index in [0.717, 1.165) is 10.9 Å². The summed E-state index contributed by atoms with van der Waals surface area (Å²) < 4.78 is 8.53. The van der Waals surface area contributed by atoms with Crippen molar-refractivity contribution >= 4 is 16.7 Å². The highest BCUT2D eigenvalue weighted by molar-refractivity contribution is 5.83. The molecule has 0 aliphatic carbocycles. The number of carbonyl (C=O) groups is 1. The largest absolute Gasteiger partial charge is 0.496 e. The minimum atomic E-state index is -0.555. The standard InChI is InChI=1S/C23H23N5O3/c1-15-16-8-4-5-9-17(16)23(30)28(26-15)14-20(29)25-21(22-24-12-13-27(22)2)18-10-6-7-11-19(18)31-3/h4-13,21H,14H2,1-3H3,(H,25,29). The fraction of sp³-hybridized carbons (Fsp3) is 0.217. The maximum Gasteiger partial charge on any atom is 0.275 e.